The van der Waals surface area contributed by atoms with Gasteiger partial charge in [-0.05, 0) is 37.3 Å². The third-order valence-electron chi connectivity index (χ3n) is 5.00. The Morgan fingerprint density at radius 2 is 2.08 bits per heavy atom. The molecule has 3 rings (SSSR count). The molecule has 0 saturated heterocycles. The lowest BCUT2D eigenvalue weighted by Gasteiger charge is -2.29. The molecule has 1 fully saturated rings. The summed E-state index contributed by atoms with van der Waals surface area (Å²) in [4.78, 5) is 12.6. The van der Waals surface area contributed by atoms with Crippen LogP contribution in [-0.2, 0) is 0 Å². The summed E-state index contributed by atoms with van der Waals surface area (Å²) in [5.74, 6) is 0.412. The van der Waals surface area contributed by atoms with Crippen molar-refractivity contribution in [2.24, 2.45) is 11.7 Å². The predicted octanol–water partition coefficient (Wildman–Crippen LogP) is 2.82. The van der Waals surface area contributed by atoms with Gasteiger partial charge in [0, 0.05) is 18.8 Å². The average molecular weight is 326 g/mol. The first kappa shape index (κ1) is 16.7. The van der Waals surface area contributed by atoms with Crippen molar-refractivity contribution < 1.29 is 4.79 Å². The first-order valence-electron chi connectivity index (χ1n) is 8.80. The Balaban J connectivity index is 1.70. The van der Waals surface area contributed by atoms with Crippen LogP contribution in [0.25, 0.3) is 5.69 Å². The van der Waals surface area contributed by atoms with Gasteiger partial charge in [-0.15, -0.1) is 0 Å². The zero-order valence-electron chi connectivity index (χ0n) is 14.2. The third-order valence-corrected chi connectivity index (χ3v) is 5.00. The largest absolute Gasteiger partial charge is 0.348 e. The van der Waals surface area contributed by atoms with Gasteiger partial charge >= 0.3 is 0 Å². The maximum Gasteiger partial charge on any atom is 0.254 e. The summed E-state index contributed by atoms with van der Waals surface area (Å²) in [6.45, 7) is 2.52. The van der Waals surface area contributed by atoms with E-state index < -0.39 is 0 Å². The average Bonchev–Trinajstić information content (AvgIpc) is 3.10. The molecule has 0 aliphatic heterocycles. The van der Waals surface area contributed by atoms with E-state index in [4.69, 9.17) is 5.73 Å². The van der Waals surface area contributed by atoms with E-state index in [1.807, 2.05) is 31.2 Å². The summed E-state index contributed by atoms with van der Waals surface area (Å²) >= 11 is 0. The highest BCUT2D eigenvalue weighted by Crippen LogP contribution is 2.26. The highest BCUT2D eigenvalue weighted by Gasteiger charge is 2.24. The van der Waals surface area contributed by atoms with Crippen LogP contribution in [-0.4, -0.2) is 28.3 Å². The number of benzene rings is 1. The SMILES string of the molecule is Cc1ccccc1-n1cc(C(=O)NC(CN)C2CCCCC2)cn1. The number of para-hydroxylation sites is 1. The van der Waals surface area contributed by atoms with Crippen molar-refractivity contribution in [3.63, 3.8) is 0 Å². The Morgan fingerprint density at radius 3 is 2.79 bits per heavy atom. The van der Waals surface area contributed by atoms with E-state index in [1.165, 1.54) is 19.3 Å². The summed E-state index contributed by atoms with van der Waals surface area (Å²) in [5, 5.41) is 7.45. The third kappa shape index (κ3) is 3.67. The van der Waals surface area contributed by atoms with Gasteiger partial charge in [0.05, 0.1) is 17.4 Å². The van der Waals surface area contributed by atoms with Crippen LogP contribution in [0.4, 0.5) is 0 Å². The summed E-state index contributed by atoms with van der Waals surface area (Å²) in [5.41, 5.74) is 8.59. The summed E-state index contributed by atoms with van der Waals surface area (Å²) in [6, 6.07) is 8.04. The molecule has 1 amide bonds. The Hall–Kier alpha value is -2.14. The van der Waals surface area contributed by atoms with Gasteiger partial charge in [-0.1, -0.05) is 37.5 Å². The Kier molecular flexibility index (Phi) is 5.30. The fourth-order valence-electron chi connectivity index (χ4n) is 3.55. The van der Waals surface area contributed by atoms with E-state index in [-0.39, 0.29) is 11.9 Å². The maximum atomic E-state index is 12.6. The number of aromatic nitrogens is 2. The Bertz CT molecular complexity index is 688. The molecule has 3 N–H and O–H groups in total. The van der Waals surface area contributed by atoms with Crippen LogP contribution < -0.4 is 11.1 Å². The number of hydrogen-bond acceptors (Lipinski definition) is 3. The van der Waals surface area contributed by atoms with Crippen molar-refractivity contribution >= 4 is 5.91 Å². The molecule has 1 unspecified atom stereocenters. The molecule has 0 radical (unpaired) electrons. The van der Waals surface area contributed by atoms with E-state index in [2.05, 4.69) is 10.4 Å². The van der Waals surface area contributed by atoms with Crippen LogP contribution in [0.1, 0.15) is 48.0 Å². The van der Waals surface area contributed by atoms with E-state index in [1.54, 1.807) is 17.1 Å². The molecule has 1 aliphatic carbocycles. The zero-order chi connectivity index (χ0) is 16.9. The second-order valence-electron chi connectivity index (χ2n) is 6.67. The molecule has 1 aromatic heterocycles. The lowest BCUT2D eigenvalue weighted by molar-refractivity contribution is 0.0915. The molecule has 0 spiro atoms. The normalized spacial score (nSPS) is 16.8. The fraction of sp³-hybridized carbons (Fsp3) is 0.474. The van der Waals surface area contributed by atoms with Crippen molar-refractivity contribution in [3.8, 4) is 5.69 Å². The standard InChI is InChI=1S/C19H26N4O/c1-14-7-5-6-10-18(14)23-13-16(12-21-23)19(24)22-17(11-20)15-8-3-2-4-9-15/h5-7,10,12-13,15,17H,2-4,8-9,11,20H2,1H3,(H,22,24). The smallest absolute Gasteiger partial charge is 0.254 e. The number of amides is 1. The van der Waals surface area contributed by atoms with Crippen LogP contribution in [0, 0.1) is 12.8 Å². The maximum absolute atomic E-state index is 12.6. The minimum atomic E-state index is -0.0872. The molecule has 128 valence electrons. The van der Waals surface area contributed by atoms with Crippen LogP contribution in [0.5, 0.6) is 0 Å². The summed E-state index contributed by atoms with van der Waals surface area (Å²) in [7, 11) is 0. The van der Waals surface area contributed by atoms with Crippen molar-refractivity contribution in [3.05, 3.63) is 47.8 Å². The predicted molar refractivity (Wildman–Crippen MR) is 95.2 cm³/mol. The van der Waals surface area contributed by atoms with Crippen molar-refractivity contribution in [1.82, 2.24) is 15.1 Å². The van der Waals surface area contributed by atoms with Crippen molar-refractivity contribution in [1.29, 1.82) is 0 Å². The molecule has 2 aromatic rings. The molecule has 1 heterocycles. The molecule has 1 saturated carbocycles. The molecule has 1 aliphatic rings. The molecular formula is C19H26N4O. The Morgan fingerprint density at radius 1 is 1.33 bits per heavy atom. The first-order valence-corrected chi connectivity index (χ1v) is 8.80. The van der Waals surface area contributed by atoms with Gasteiger partial charge in [0.2, 0.25) is 0 Å². The van der Waals surface area contributed by atoms with E-state index in [9.17, 15) is 4.79 Å². The van der Waals surface area contributed by atoms with Crippen LogP contribution in [0.2, 0.25) is 0 Å². The monoisotopic (exact) mass is 326 g/mol. The molecular weight excluding hydrogens is 300 g/mol. The first-order chi connectivity index (χ1) is 11.7. The van der Waals surface area contributed by atoms with Gasteiger partial charge in [0.15, 0.2) is 0 Å². The number of nitrogens with two attached hydrogens (primary N) is 1. The topological polar surface area (TPSA) is 72.9 Å². The number of hydrogen-bond donors (Lipinski definition) is 2. The number of nitrogens with one attached hydrogen (secondary N) is 1. The van der Waals surface area contributed by atoms with Gasteiger partial charge in [-0.2, -0.15) is 5.10 Å². The number of carbonyl (C=O) groups is 1. The summed E-state index contributed by atoms with van der Waals surface area (Å²) in [6.07, 6.45) is 9.49. The Labute approximate surface area is 143 Å². The number of nitrogens with zero attached hydrogens (tertiary/aromatic N) is 2. The number of carbonyl (C=O) groups excluding carboxylic acids is 1. The van der Waals surface area contributed by atoms with Gasteiger partial charge in [0.1, 0.15) is 0 Å². The second kappa shape index (κ2) is 7.62. The van der Waals surface area contributed by atoms with E-state index >= 15 is 0 Å². The molecule has 1 atom stereocenters. The van der Waals surface area contributed by atoms with Crippen molar-refractivity contribution in [2.45, 2.75) is 45.1 Å². The highest BCUT2D eigenvalue weighted by molar-refractivity contribution is 5.94. The van der Waals surface area contributed by atoms with Gasteiger partial charge < -0.3 is 11.1 Å². The summed E-state index contributed by atoms with van der Waals surface area (Å²) < 4.78 is 1.75. The lowest BCUT2D eigenvalue weighted by Crippen LogP contribution is -2.45. The minimum absolute atomic E-state index is 0.0552. The van der Waals surface area contributed by atoms with Crippen LogP contribution in [0.3, 0.4) is 0 Å². The number of aryl methyl sites for hydroxylation is 1. The van der Waals surface area contributed by atoms with Crippen LogP contribution in [0.15, 0.2) is 36.7 Å². The molecule has 0 bridgehead atoms. The van der Waals surface area contributed by atoms with E-state index in [0.29, 0.717) is 18.0 Å². The molecule has 1 aromatic carbocycles. The zero-order valence-corrected chi connectivity index (χ0v) is 14.2. The minimum Gasteiger partial charge on any atom is -0.348 e. The van der Waals surface area contributed by atoms with Gasteiger partial charge in [0.25, 0.3) is 5.91 Å². The highest BCUT2D eigenvalue weighted by atomic mass is 16.1. The lowest BCUT2D eigenvalue weighted by atomic mass is 9.84. The number of rotatable bonds is 5. The quantitative estimate of drug-likeness (QED) is 0.887. The van der Waals surface area contributed by atoms with Gasteiger partial charge in [-0.25, -0.2) is 4.68 Å². The van der Waals surface area contributed by atoms with E-state index in [0.717, 1.165) is 24.1 Å². The van der Waals surface area contributed by atoms with Crippen molar-refractivity contribution in [2.75, 3.05) is 6.54 Å². The fourth-order valence-corrected chi connectivity index (χ4v) is 3.55. The molecule has 24 heavy (non-hydrogen) atoms. The molecule has 5 heteroatoms. The second-order valence-corrected chi connectivity index (χ2v) is 6.67. The molecule has 5 nitrogen and oxygen atoms in total. The van der Waals surface area contributed by atoms with Gasteiger partial charge in [-0.3, -0.25) is 4.79 Å². The van der Waals surface area contributed by atoms with Crippen LogP contribution >= 0.6 is 0 Å².